The number of rotatable bonds is 4. The van der Waals surface area contributed by atoms with Crippen LogP contribution in [-0.4, -0.2) is 22.0 Å². The molecule has 3 aromatic rings. The number of benzene rings is 2. The predicted molar refractivity (Wildman–Crippen MR) is 86.5 cm³/mol. The Hall–Kier alpha value is -3.48. The molecule has 1 heterocycles. The summed E-state index contributed by atoms with van der Waals surface area (Å²) >= 11 is 0. The summed E-state index contributed by atoms with van der Waals surface area (Å²) < 4.78 is 0. The Morgan fingerprint density at radius 1 is 1.17 bits per heavy atom. The first-order chi connectivity index (χ1) is 11.2. The lowest BCUT2D eigenvalue weighted by Gasteiger charge is -2.00. The van der Waals surface area contributed by atoms with Gasteiger partial charge >= 0.3 is 0 Å². The van der Waals surface area contributed by atoms with Gasteiger partial charge in [-0.25, -0.2) is 5.43 Å². The van der Waals surface area contributed by atoms with E-state index in [4.69, 9.17) is 0 Å². The number of carbonyl (C=O) groups excluding carboxylic acids is 1. The van der Waals surface area contributed by atoms with E-state index in [0.29, 0.717) is 0 Å². The molecule has 0 radical (unpaired) electrons. The second-order valence-electron chi connectivity index (χ2n) is 4.76. The van der Waals surface area contributed by atoms with Crippen LogP contribution in [0.25, 0.3) is 10.9 Å². The van der Waals surface area contributed by atoms with Crippen molar-refractivity contribution >= 4 is 28.7 Å². The number of nitrogens with zero attached hydrogens (tertiary/aromatic N) is 2. The lowest BCUT2D eigenvalue weighted by atomic mass is 10.2. The number of carbonyl (C=O) groups is 1. The van der Waals surface area contributed by atoms with Crippen LogP contribution < -0.4 is 5.43 Å². The second kappa shape index (κ2) is 6.10. The molecule has 0 saturated heterocycles. The normalized spacial score (nSPS) is 11.0. The lowest BCUT2D eigenvalue weighted by Crippen LogP contribution is -2.18. The second-order valence-corrected chi connectivity index (χ2v) is 4.76. The standard InChI is InChI=1S/C16H12N4O3/c21-16(13-6-2-4-8-15(13)20(22)23)19-18-10-11-9-17-14-7-3-1-5-12(11)14/h1-10,17H,(H,19,21)/b18-10-. The maximum atomic E-state index is 12.0. The Bertz CT molecular complexity index is 914. The van der Waals surface area contributed by atoms with E-state index in [9.17, 15) is 14.9 Å². The van der Waals surface area contributed by atoms with Crippen LogP contribution in [0.15, 0.2) is 59.8 Å². The Morgan fingerprint density at radius 3 is 2.74 bits per heavy atom. The van der Waals surface area contributed by atoms with Crippen molar-refractivity contribution in [1.29, 1.82) is 0 Å². The minimum atomic E-state index is -0.631. The summed E-state index contributed by atoms with van der Waals surface area (Å²) in [6.45, 7) is 0. The molecule has 0 unspecified atom stereocenters. The first-order valence-corrected chi connectivity index (χ1v) is 6.80. The molecular formula is C16H12N4O3. The smallest absolute Gasteiger partial charge is 0.282 e. The summed E-state index contributed by atoms with van der Waals surface area (Å²) in [6, 6.07) is 13.4. The molecule has 0 aliphatic heterocycles. The van der Waals surface area contributed by atoms with E-state index in [-0.39, 0.29) is 11.3 Å². The SMILES string of the molecule is O=C(N/N=C\c1c[nH]c2ccccc12)c1ccccc1[N+](=O)[O-]. The van der Waals surface area contributed by atoms with Crippen LogP contribution in [0.5, 0.6) is 0 Å². The number of nitro benzene ring substituents is 1. The van der Waals surface area contributed by atoms with Gasteiger partial charge in [-0.3, -0.25) is 14.9 Å². The molecule has 0 aliphatic rings. The van der Waals surface area contributed by atoms with Crippen LogP contribution >= 0.6 is 0 Å². The molecule has 23 heavy (non-hydrogen) atoms. The number of nitro groups is 1. The summed E-state index contributed by atoms with van der Waals surface area (Å²) in [4.78, 5) is 25.4. The van der Waals surface area contributed by atoms with E-state index < -0.39 is 10.8 Å². The van der Waals surface area contributed by atoms with Crippen molar-refractivity contribution in [2.24, 2.45) is 5.10 Å². The number of hydrogen-bond donors (Lipinski definition) is 2. The molecule has 0 aliphatic carbocycles. The fraction of sp³-hybridized carbons (Fsp3) is 0. The van der Waals surface area contributed by atoms with Crippen LogP contribution in [0.3, 0.4) is 0 Å². The average Bonchev–Trinajstić information content (AvgIpc) is 2.98. The Labute approximate surface area is 130 Å². The maximum Gasteiger partial charge on any atom is 0.282 e. The maximum absolute atomic E-state index is 12.0. The molecule has 1 amide bonds. The third-order valence-electron chi connectivity index (χ3n) is 3.34. The van der Waals surface area contributed by atoms with Gasteiger partial charge in [0.15, 0.2) is 0 Å². The third kappa shape index (κ3) is 2.93. The quantitative estimate of drug-likeness (QED) is 0.440. The van der Waals surface area contributed by atoms with Gasteiger partial charge in [-0.1, -0.05) is 30.3 Å². The zero-order valence-corrected chi connectivity index (χ0v) is 11.9. The predicted octanol–water partition coefficient (Wildman–Crippen LogP) is 2.84. The Balaban J connectivity index is 1.78. The molecule has 7 heteroatoms. The van der Waals surface area contributed by atoms with Crippen LogP contribution in [0, 0.1) is 10.1 Å². The highest BCUT2D eigenvalue weighted by atomic mass is 16.6. The number of fused-ring (bicyclic) bond motifs is 1. The fourth-order valence-electron chi connectivity index (χ4n) is 2.25. The van der Waals surface area contributed by atoms with Crippen molar-refractivity contribution < 1.29 is 9.72 Å². The third-order valence-corrected chi connectivity index (χ3v) is 3.34. The zero-order chi connectivity index (χ0) is 16.2. The molecule has 0 atom stereocenters. The Kier molecular flexibility index (Phi) is 3.84. The van der Waals surface area contributed by atoms with Crippen molar-refractivity contribution in [3.8, 4) is 0 Å². The molecule has 3 rings (SSSR count). The van der Waals surface area contributed by atoms with Gasteiger partial charge < -0.3 is 4.98 Å². The number of H-pyrrole nitrogens is 1. The molecule has 0 saturated carbocycles. The number of hydrazone groups is 1. The number of amides is 1. The molecule has 2 aromatic carbocycles. The average molecular weight is 308 g/mol. The van der Waals surface area contributed by atoms with Crippen molar-refractivity contribution in [3.05, 3.63) is 76.0 Å². The van der Waals surface area contributed by atoms with Gasteiger partial charge in [-0.2, -0.15) is 5.10 Å². The minimum absolute atomic E-state index is 0.0337. The molecular weight excluding hydrogens is 296 g/mol. The van der Waals surface area contributed by atoms with Crippen molar-refractivity contribution in [1.82, 2.24) is 10.4 Å². The monoisotopic (exact) mass is 308 g/mol. The van der Waals surface area contributed by atoms with E-state index in [1.165, 1.54) is 24.4 Å². The minimum Gasteiger partial charge on any atom is -0.361 e. The van der Waals surface area contributed by atoms with Gasteiger partial charge in [0.05, 0.1) is 11.1 Å². The summed E-state index contributed by atoms with van der Waals surface area (Å²) in [5, 5.41) is 15.8. The lowest BCUT2D eigenvalue weighted by molar-refractivity contribution is -0.385. The van der Waals surface area contributed by atoms with Gasteiger partial charge in [-0.05, 0) is 12.1 Å². The van der Waals surface area contributed by atoms with Crippen molar-refractivity contribution in [3.63, 3.8) is 0 Å². The topological polar surface area (TPSA) is 100 Å². The largest absolute Gasteiger partial charge is 0.361 e. The summed E-state index contributed by atoms with van der Waals surface area (Å²) in [5.74, 6) is -0.631. The molecule has 2 N–H and O–H groups in total. The molecule has 7 nitrogen and oxygen atoms in total. The van der Waals surface area contributed by atoms with Gasteiger partial charge in [-0.15, -0.1) is 0 Å². The van der Waals surface area contributed by atoms with Gasteiger partial charge in [0.25, 0.3) is 11.6 Å². The number of aromatic amines is 1. The molecule has 1 aromatic heterocycles. The van der Waals surface area contributed by atoms with Gasteiger partial charge in [0.2, 0.25) is 0 Å². The van der Waals surface area contributed by atoms with E-state index in [0.717, 1.165) is 16.5 Å². The number of hydrogen-bond acceptors (Lipinski definition) is 4. The van der Waals surface area contributed by atoms with Gasteiger partial charge in [0.1, 0.15) is 5.56 Å². The van der Waals surface area contributed by atoms with Crippen LogP contribution in [-0.2, 0) is 0 Å². The zero-order valence-electron chi connectivity index (χ0n) is 11.9. The first-order valence-electron chi connectivity index (χ1n) is 6.80. The highest BCUT2D eigenvalue weighted by molar-refractivity contribution is 6.01. The molecule has 114 valence electrons. The summed E-state index contributed by atoms with van der Waals surface area (Å²) in [6.07, 6.45) is 3.26. The van der Waals surface area contributed by atoms with Crippen LogP contribution in [0.2, 0.25) is 0 Å². The molecule has 0 spiro atoms. The Morgan fingerprint density at radius 2 is 1.91 bits per heavy atom. The van der Waals surface area contributed by atoms with E-state index >= 15 is 0 Å². The van der Waals surface area contributed by atoms with Crippen molar-refractivity contribution in [2.45, 2.75) is 0 Å². The van der Waals surface area contributed by atoms with E-state index in [2.05, 4.69) is 15.5 Å². The summed E-state index contributed by atoms with van der Waals surface area (Å²) in [5.41, 5.74) is 3.78. The highest BCUT2D eigenvalue weighted by Gasteiger charge is 2.18. The fourth-order valence-corrected chi connectivity index (χ4v) is 2.25. The molecule has 0 bridgehead atoms. The highest BCUT2D eigenvalue weighted by Crippen LogP contribution is 2.18. The number of nitrogens with one attached hydrogen (secondary N) is 2. The number of aromatic nitrogens is 1. The van der Waals surface area contributed by atoms with E-state index in [1.54, 1.807) is 12.3 Å². The number of para-hydroxylation sites is 2. The van der Waals surface area contributed by atoms with Crippen LogP contribution in [0.4, 0.5) is 5.69 Å². The van der Waals surface area contributed by atoms with E-state index in [1.807, 2.05) is 24.3 Å². The van der Waals surface area contributed by atoms with Crippen molar-refractivity contribution in [2.75, 3.05) is 0 Å². The van der Waals surface area contributed by atoms with Gasteiger partial charge in [0, 0.05) is 28.7 Å². The molecule has 0 fully saturated rings. The summed E-state index contributed by atoms with van der Waals surface area (Å²) in [7, 11) is 0. The van der Waals surface area contributed by atoms with Crippen LogP contribution in [0.1, 0.15) is 15.9 Å². The first kappa shape index (κ1) is 14.5.